The van der Waals surface area contributed by atoms with Crippen LogP contribution in [0.25, 0.3) is 0 Å². The fourth-order valence-electron chi connectivity index (χ4n) is 1.63. The van der Waals surface area contributed by atoms with Gasteiger partial charge in [-0.1, -0.05) is 18.5 Å². The lowest BCUT2D eigenvalue weighted by Gasteiger charge is -2.18. The van der Waals surface area contributed by atoms with Gasteiger partial charge >= 0.3 is 0 Å². The van der Waals surface area contributed by atoms with Crippen LogP contribution < -0.4 is 10.1 Å². The summed E-state index contributed by atoms with van der Waals surface area (Å²) >= 11 is 5.58. The zero-order chi connectivity index (χ0) is 13.5. The summed E-state index contributed by atoms with van der Waals surface area (Å²) in [4.78, 5) is 0. The molecule has 18 heavy (non-hydrogen) atoms. The Balaban J connectivity index is 2.89. The molecule has 2 nitrogen and oxygen atoms in total. The number of ether oxygens (including phenoxy) is 1. The maximum absolute atomic E-state index is 13.3. The van der Waals surface area contributed by atoms with Crippen molar-refractivity contribution in [3.05, 3.63) is 40.7 Å². The highest BCUT2D eigenvalue weighted by Gasteiger charge is 2.12. The van der Waals surface area contributed by atoms with Gasteiger partial charge in [0.25, 0.3) is 0 Å². The van der Waals surface area contributed by atoms with E-state index in [0.29, 0.717) is 12.4 Å². The summed E-state index contributed by atoms with van der Waals surface area (Å²) in [5.41, 5.74) is 3.22. The largest absolute Gasteiger partial charge is 0.489 e. The molecule has 0 saturated heterocycles. The van der Waals surface area contributed by atoms with Crippen molar-refractivity contribution in [1.82, 2.24) is 5.32 Å². The second-order valence-electron chi connectivity index (χ2n) is 4.21. The average Bonchev–Trinajstić information content (AvgIpc) is 2.37. The highest BCUT2D eigenvalue weighted by molar-refractivity contribution is 6.25. The number of nitrogens with one attached hydrogen (secondary N) is 1. The molecule has 0 aliphatic heterocycles. The van der Waals surface area contributed by atoms with Crippen molar-refractivity contribution in [1.29, 1.82) is 0 Å². The lowest BCUT2D eigenvalue weighted by Crippen LogP contribution is -2.19. The van der Waals surface area contributed by atoms with Crippen LogP contribution in [0.2, 0.25) is 0 Å². The number of hydrogen-bond donors (Lipinski definition) is 1. The maximum Gasteiger partial charge on any atom is 0.124 e. The minimum atomic E-state index is -0.258. The minimum Gasteiger partial charge on any atom is -0.489 e. The van der Waals surface area contributed by atoms with Crippen molar-refractivity contribution in [2.75, 3.05) is 13.2 Å². The van der Waals surface area contributed by atoms with Crippen LogP contribution in [0.15, 0.2) is 29.3 Å². The first-order chi connectivity index (χ1) is 8.58. The van der Waals surface area contributed by atoms with Gasteiger partial charge in [-0.15, -0.1) is 0 Å². The Bertz CT molecular complexity index is 420. The Morgan fingerprint density at radius 3 is 2.89 bits per heavy atom. The maximum atomic E-state index is 13.3. The highest BCUT2D eigenvalue weighted by atomic mass is 35.5. The van der Waals surface area contributed by atoms with Crippen molar-refractivity contribution < 1.29 is 9.13 Å². The second-order valence-corrected chi connectivity index (χ2v) is 4.42. The molecule has 1 rings (SSSR count). The van der Waals surface area contributed by atoms with Crippen molar-refractivity contribution in [2.24, 2.45) is 0 Å². The van der Waals surface area contributed by atoms with Crippen molar-refractivity contribution in [3.63, 3.8) is 0 Å². The van der Waals surface area contributed by atoms with Crippen LogP contribution in [-0.4, -0.2) is 13.2 Å². The summed E-state index contributed by atoms with van der Waals surface area (Å²) < 4.78 is 18.9. The number of rotatable bonds is 6. The van der Waals surface area contributed by atoms with Crippen LogP contribution in [0.5, 0.6) is 5.75 Å². The molecule has 4 heteroatoms. The van der Waals surface area contributed by atoms with Gasteiger partial charge in [0, 0.05) is 17.1 Å². The molecular weight excluding hydrogens is 253 g/mol. The molecule has 1 atom stereocenters. The van der Waals surface area contributed by atoms with E-state index in [1.807, 2.05) is 20.8 Å². The summed E-state index contributed by atoms with van der Waals surface area (Å²) in [6.07, 6.45) is 0. The van der Waals surface area contributed by atoms with Crippen LogP contribution >= 0.6 is 11.6 Å². The monoisotopic (exact) mass is 271 g/mol. The van der Waals surface area contributed by atoms with Gasteiger partial charge in [-0.2, -0.15) is 0 Å². The van der Waals surface area contributed by atoms with Gasteiger partial charge in [-0.3, -0.25) is 0 Å². The lowest BCUT2D eigenvalue weighted by atomic mass is 10.1. The van der Waals surface area contributed by atoms with Crippen molar-refractivity contribution in [3.8, 4) is 5.75 Å². The third-order valence-corrected chi connectivity index (χ3v) is 2.96. The smallest absolute Gasteiger partial charge is 0.124 e. The van der Waals surface area contributed by atoms with E-state index in [0.717, 1.165) is 17.7 Å². The van der Waals surface area contributed by atoms with Gasteiger partial charge in [0.05, 0.1) is 0 Å². The molecule has 0 aromatic heterocycles. The second kappa shape index (κ2) is 7.39. The van der Waals surface area contributed by atoms with E-state index in [4.69, 9.17) is 16.3 Å². The molecule has 0 heterocycles. The predicted molar refractivity (Wildman–Crippen MR) is 73.6 cm³/mol. The first-order valence-corrected chi connectivity index (χ1v) is 6.43. The number of benzene rings is 1. The summed E-state index contributed by atoms with van der Waals surface area (Å²) in [6, 6.07) is 4.60. The van der Waals surface area contributed by atoms with Crippen LogP contribution in [0.3, 0.4) is 0 Å². The molecule has 0 fully saturated rings. The third kappa shape index (κ3) is 4.31. The van der Waals surface area contributed by atoms with Crippen molar-refractivity contribution in [2.45, 2.75) is 26.8 Å². The third-order valence-electron chi connectivity index (χ3n) is 2.59. The topological polar surface area (TPSA) is 21.3 Å². The summed E-state index contributed by atoms with van der Waals surface area (Å²) in [5, 5.41) is 3.24. The van der Waals surface area contributed by atoms with Crippen LogP contribution in [0.4, 0.5) is 4.39 Å². The first-order valence-electron chi connectivity index (χ1n) is 6.00. The van der Waals surface area contributed by atoms with E-state index < -0.39 is 0 Å². The first kappa shape index (κ1) is 15.0. The highest BCUT2D eigenvalue weighted by Crippen LogP contribution is 2.26. The van der Waals surface area contributed by atoms with Crippen LogP contribution in [-0.2, 0) is 0 Å². The average molecular weight is 272 g/mol. The Hall–Kier alpha value is -1.06. The van der Waals surface area contributed by atoms with Crippen LogP contribution in [0, 0.1) is 5.82 Å². The lowest BCUT2D eigenvalue weighted by molar-refractivity contribution is 0.343. The van der Waals surface area contributed by atoms with Crippen molar-refractivity contribution >= 4 is 11.6 Å². The molecule has 0 aliphatic carbocycles. The molecule has 0 amide bonds. The molecule has 0 aliphatic rings. The summed E-state index contributed by atoms with van der Waals surface area (Å²) in [5.74, 6) is 0.425. The quantitative estimate of drug-likeness (QED) is 0.844. The van der Waals surface area contributed by atoms with E-state index in [9.17, 15) is 4.39 Å². The normalized spacial score (nSPS) is 13.5. The molecule has 0 spiro atoms. The van der Waals surface area contributed by atoms with Gasteiger partial charge in [-0.05, 0) is 44.2 Å². The number of hydrogen-bond acceptors (Lipinski definition) is 2. The van der Waals surface area contributed by atoms with Gasteiger partial charge in [0.2, 0.25) is 0 Å². The molecule has 0 radical (unpaired) electrons. The predicted octanol–water partition coefficient (Wildman–Crippen LogP) is 4.02. The Kier molecular flexibility index (Phi) is 6.16. The SMILES string of the molecule is CCNC(C)c1cc(F)ccc1OC/C(C)=C/Cl. The Morgan fingerprint density at radius 1 is 1.56 bits per heavy atom. The molecule has 0 saturated carbocycles. The zero-order valence-corrected chi connectivity index (χ0v) is 11.7. The van der Waals surface area contributed by atoms with Gasteiger partial charge in [-0.25, -0.2) is 4.39 Å². The number of halogens is 2. The van der Waals surface area contributed by atoms with E-state index in [2.05, 4.69) is 5.32 Å². The molecule has 1 unspecified atom stereocenters. The fraction of sp³-hybridized carbons (Fsp3) is 0.429. The Morgan fingerprint density at radius 2 is 2.28 bits per heavy atom. The standard InChI is InChI=1S/C14H19ClFNO/c1-4-17-11(3)13-7-12(16)5-6-14(13)18-9-10(2)8-15/h5-8,11,17H,4,9H2,1-3H3/b10-8+. The van der Waals surface area contributed by atoms with E-state index in [-0.39, 0.29) is 11.9 Å². The molecule has 1 aromatic carbocycles. The zero-order valence-electron chi connectivity index (χ0n) is 11.0. The minimum absolute atomic E-state index is 0.0426. The summed E-state index contributed by atoms with van der Waals surface area (Å²) in [7, 11) is 0. The van der Waals surface area contributed by atoms with Gasteiger partial charge < -0.3 is 10.1 Å². The van der Waals surface area contributed by atoms with Crippen LogP contribution in [0.1, 0.15) is 32.4 Å². The van der Waals surface area contributed by atoms with E-state index in [1.165, 1.54) is 17.7 Å². The molecule has 1 aromatic rings. The van der Waals surface area contributed by atoms with Gasteiger partial charge in [0.1, 0.15) is 18.2 Å². The van der Waals surface area contributed by atoms with E-state index in [1.54, 1.807) is 6.07 Å². The molecule has 0 bridgehead atoms. The Labute approximate surface area is 113 Å². The molecular formula is C14H19ClFNO. The fourth-order valence-corrected chi connectivity index (χ4v) is 1.69. The van der Waals surface area contributed by atoms with E-state index >= 15 is 0 Å². The van der Waals surface area contributed by atoms with Gasteiger partial charge in [0.15, 0.2) is 0 Å². The summed E-state index contributed by atoms with van der Waals surface area (Å²) in [6.45, 7) is 7.09. The molecule has 1 N–H and O–H groups in total. The molecule has 100 valence electrons.